The molecular formula is C14H26N4O. The van der Waals surface area contributed by atoms with Crippen LogP contribution in [0.15, 0.2) is 6.33 Å². The molecule has 0 amide bonds. The number of nitrogens with one attached hydrogen (secondary N) is 2. The summed E-state index contributed by atoms with van der Waals surface area (Å²) >= 11 is 0. The molecule has 1 aromatic rings. The summed E-state index contributed by atoms with van der Waals surface area (Å²) in [6, 6.07) is 0. The fourth-order valence-electron chi connectivity index (χ4n) is 1.76. The van der Waals surface area contributed by atoms with E-state index in [1.54, 1.807) is 13.3 Å². The Hall–Kier alpha value is -1.36. The molecule has 0 spiro atoms. The van der Waals surface area contributed by atoms with Crippen molar-refractivity contribution in [2.24, 2.45) is 0 Å². The molecule has 1 heterocycles. The van der Waals surface area contributed by atoms with E-state index in [4.69, 9.17) is 0 Å². The fourth-order valence-corrected chi connectivity index (χ4v) is 1.76. The van der Waals surface area contributed by atoms with Gasteiger partial charge in [0.2, 0.25) is 0 Å². The third kappa shape index (κ3) is 3.80. The minimum atomic E-state index is -0.481. The standard InChI is InChI=1S/C14H26N4O/c1-7-15-12-11(9(2)3)13(17-8-16-12)18-14(5,6)10(4)19/h8-10,19H,7H2,1-6H3,(H2,15,16,17,18). The van der Waals surface area contributed by atoms with Crippen LogP contribution in [-0.2, 0) is 0 Å². The minimum Gasteiger partial charge on any atom is -0.391 e. The predicted octanol–water partition coefficient (Wildman–Crippen LogP) is 2.60. The van der Waals surface area contributed by atoms with E-state index in [1.165, 1.54) is 0 Å². The van der Waals surface area contributed by atoms with Crippen LogP contribution < -0.4 is 10.6 Å². The summed E-state index contributed by atoms with van der Waals surface area (Å²) < 4.78 is 0. The van der Waals surface area contributed by atoms with Gasteiger partial charge in [0.1, 0.15) is 18.0 Å². The van der Waals surface area contributed by atoms with Crippen molar-refractivity contribution in [3.8, 4) is 0 Å². The van der Waals surface area contributed by atoms with E-state index in [2.05, 4.69) is 34.4 Å². The van der Waals surface area contributed by atoms with Crippen molar-refractivity contribution in [3.05, 3.63) is 11.9 Å². The van der Waals surface area contributed by atoms with Crippen LogP contribution in [0, 0.1) is 0 Å². The van der Waals surface area contributed by atoms with Crippen LogP contribution in [0.3, 0.4) is 0 Å². The Labute approximate surface area is 115 Å². The molecule has 0 radical (unpaired) electrons. The third-order valence-corrected chi connectivity index (χ3v) is 3.29. The number of aliphatic hydroxyl groups is 1. The summed E-state index contributed by atoms with van der Waals surface area (Å²) in [5.74, 6) is 1.94. The highest BCUT2D eigenvalue weighted by Gasteiger charge is 2.26. The largest absolute Gasteiger partial charge is 0.391 e. The van der Waals surface area contributed by atoms with Crippen LogP contribution in [-0.4, -0.2) is 33.3 Å². The van der Waals surface area contributed by atoms with E-state index in [-0.39, 0.29) is 0 Å². The topological polar surface area (TPSA) is 70.1 Å². The van der Waals surface area contributed by atoms with Crippen molar-refractivity contribution in [2.45, 2.75) is 59.1 Å². The number of aromatic nitrogens is 2. The predicted molar refractivity (Wildman–Crippen MR) is 79.7 cm³/mol. The van der Waals surface area contributed by atoms with E-state index in [1.807, 2.05) is 20.8 Å². The van der Waals surface area contributed by atoms with Gasteiger partial charge in [0.05, 0.1) is 11.6 Å². The molecule has 19 heavy (non-hydrogen) atoms. The first-order chi connectivity index (χ1) is 8.79. The van der Waals surface area contributed by atoms with Gasteiger partial charge in [-0.25, -0.2) is 9.97 Å². The molecule has 0 aliphatic carbocycles. The molecule has 0 aliphatic heterocycles. The molecule has 5 heteroatoms. The molecule has 1 rings (SSSR count). The quantitative estimate of drug-likeness (QED) is 0.738. The van der Waals surface area contributed by atoms with Crippen LogP contribution in [0.2, 0.25) is 0 Å². The summed E-state index contributed by atoms with van der Waals surface area (Å²) in [7, 11) is 0. The first-order valence-electron chi connectivity index (χ1n) is 6.84. The van der Waals surface area contributed by atoms with E-state index >= 15 is 0 Å². The Morgan fingerprint density at radius 2 is 1.79 bits per heavy atom. The molecule has 5 nitrogen and oxygen atoms in total. The summed E-state index contributed by atoms with van der Waals surface area (Å²) in [4.78, 5) is 8.64. The molecule has 0 aromatic carbocycles. The third-order valence-electron chi connectivity index (χ3n) is 3.29. The molecule has 0 aliphatic rings. The zero-order chi connectivity index (χ0) is 14.6. The Morgan fingerprint density at radius 1 is 1.21 bits per heavy atom. The molecular weight excluding hydrogens is 240 g/mol. The van der Waals surface area contributed by atoms with Crippen LogP contribution in [0.4, 0.5) is 11.6 Å². The lowest BCUT2D eigenvalue weighted by molar-refractivity contribution is 0.133. The number of aliphatic hydroxyl groups excluding tert-OH is 1. The summed E-state index contributed by atoms with van der Waals surface area (Å²) in [5.41, 5.74) is 0.611. The Kier molecular flexibility index (Phi) is 5.11. The fraction of sp³-hybridized carbons (Fsp3) is 0.714. The van der Waals surface area contributed by atoms with Gasteiger partial charge in [-0.15, -0.1) is 0 Å². The monoisotopic (exact) mass is 266 g/mol. The second-order valence-electron chi connectivity index (χ2n) is 5.69. The average molecular weight is 266 g/mol. The molecule has 1 atom stereocenters. The van der Waals surface area contributed by atoms with Crippen molar-refractivity contribution in [3.63, 3.8) is 0 Å². The van der Waals surface area contributed by atoms with Crippen molar-refractivity contribution >= 4 is 11.6 Å². The van der Waals surface area contributed by atoms with Gasteiger partial charge < -0.3 is 15.7 Å². The second kappa shape index (κ2) is 6.19. The first-order valence-corrected chi connectivity index (χ1v) is 6.84. The lowest BCUT2D eigenvalue weighted by Crippen LogP contribution is -2.42. The van der Waals surface area contributed by atoms with E-state index < -0.39 is 11.6 Å². The maximum Gasteiger partial charge on any atom is 0.135 e. The number of nitrogens with zero attached hydrogens (tertiary/aromatic N) is 2. The van der Waals surface area contributed by atoms with Gasteiger partial charge in [-0.3, -0.25) is 0 Å². The Balaban J connectivity index is 3.16. The lowest BCUT2D eigenvalue weighted by atomic mass is 9.97. The summed E-state index contributed by atoms with van der Waals surface area (Å²) in [5, 5.41) is 16.4. The number of hydrogen-bond acceptors (Lipinski definition) is 5. The maximum absolute atomic E-state index is 9.82. The second-order valence-corrected chi connectivity index (χ2v) is 5.69. The van der Waals surface area contributed by atoms with E-state index in [9.17, 15) is 5.11 Å². The van der Waals surface area contributed by atoms with Crippen molar-refractivity contribution in [1.29, 1.82) is 0 Å². The highest BCUT2D eigenvalue weighted by Crippen LogP contribution is 2.30. The highest BCUT2D eigenvalue weighted by molar-refractivity contribution is 5.59. The van der Waals surface area contributed by atoms with Crippen molar-refractivity contribution < 1.29 is 5.11 Å². The Bertz CT molecular complexity index is 416. The Morgan fingerprint density at radius 3 is 2.26 bits per heavy atom. The van der Waals surface area contributed by atoms with Gasteiger partial charge in [-0.2, -0.15) is 0 Å². The van der Waals surface area contributed by atoms with Gasteiger partial charge in [-0.05, 0) is 33.6 Å². The minimum absolute atomic E-state index is 0.294. The van der Waals surface area contributed by atoms with Gasteiger partial charge in [0, 0.05) is 12.1 Å². The van der Waals surface area contributed by atoms with Crippen LogP contribution in [0.1, 0.15) is 53.0 Å². The first kappa shape index (κ1) is 15.7. The van der Waals surface area contributed by atoms with Crippen LogP contribution in [0.5, 0.6) is 0 Å². The van der Waals surface area contributed by atoms with Gasteiger partial charge in [-0.1, -0.05) is 13.8 Å². The lowest BCUT2D eigenvalue weighted by Gasteiger charge is -2.31. The molecule has 1 aromatic heterocycles. The molecule has 0 bridgehead atoms. The SMILES string of the molecule is CCNc1ncnc(NC(C)(C)C(C)O)c1C(C)C. The summed E-state index contributed by atoms with van der Waals surface area (Å²) in [6.07, 6.45) is 1.06. The molecule has 0 fully saturated rings. The smallest absolute Gasteiger partial charge is 0.135 e. The molecule has 3 N–H and O–H groups in total. The van der Waals surface area contributed by atoms with Gasteiger partial charge in [0.25, 0.3) is 0 Å². The van der Waals surface area contributed by atoms with E-state index in [0.29, 0.717) is 5.92 Å². The van der Waals surface area contributed by atoms with Gasteiger partial charge in [0.15, 0.2) is 0 Å². The normalized spacial score (nSPS) is 13.5. The average Bonchev–Trinajstić information content (AvgIpc) is 2.28. The van der Waals surface area contributed by atoms with Crippen molar-refractivity contribution in [2.75, 3.05) is 17.2 Å². The number of hydrogen-bond donors (Lipinski definition) is 3. The number of rotatable bonds is 6. The molecule has 0 saturated carbocycles. The molecule has 108 valence electrons. The number of anilines is 2. The van der Waals surface area contributed by atoms with Crippen molar-refractivity contribution in [1.82, 2.24) is 9.97 Å². The van der Waals surface area contributed by atoms with Crippen LogP contribution in [0.25, 0.3) is 0 Å². The molecule has 1 unspecified atom stereocenters. The zero-order valence-corrected chi connectivity index (χ0v) is 12.8. The highest BCUT2D eigenvalue weighted by atomic mass is 16.3. The summed E-state index contributed by atoms with van der Waals surface area (Å²) in [6.45, 7) is 12.8. The van der Waals surface area contributed by atoms with Gasteiger partial charge >= 0.3 is 0 Å². The van der Waals surface area contributed by atoms with Crippen LogP contribution >= 0.6 is 0 Å². The molecule has 0 saturated heterocycles. The van der Waals surface area contributed by atoms with E-state index in [0.717, 1.165) is 23.7 Å². The maximum atomic E-state index is 9.82. The zero-order valence-electron chi connectivity index (χ0n) is 12.8.